The molecule has 156 valence electrons. The molecule has 1 saturated heterocycles. The first kappa shape index (κ1) is 21.1. The van der Waals surface area contributed by atoms with Crippen molar-refractivity contribution in [3.8, 4) is 5.75 Å². The van der Waals surface area contributed by atoms with E-state index < -0.39 is 10.8 Å². The molecule has 3 rings (SSSR count). The number of hydrogen-bond donors (Lipinski definition) is 3. The number of methoxy groups -OCH3 is 1. The van der Waals surface area contributed by atoms with Crippen molar-refractivity contribution in [2.45, 2.75) is 68.8 Å². The molecule has 1 aromatic carbocycles. The topological polar surface area (TPSA) is 93.5 Å². The molecule has 2 aliphatic rings. The summed E-state index contributed by atoms with van der Waals surface area (Å²) in [6, 6.07) is 3.66. The number of carbonyl (C=O) groups excluding carboxylic acids is 1. The van der Waals surface area contributed by atoms with E-state index in [4.69, 9.17) is 10.5 Å². The molecule has 1 aromatic rings. The lowest BCUT2D eigenvalue weighted by molar-refractivity contribution is 0.0918. The zero-order valence-corrected chi connectivity index (χ0v) is 17.8. The van der Waals surface area contributed by atoms with Crippen molar-refractivity contribution in [3.63, 3.8) is 0 Å². The quantitative estimate of drug-likeness (QED) is 0.576. The van der Waals surface area contributed by atoms with Gasteiger partial charge in [0.2, 0.25) is 0 Å². The number of anilines is 1. The maximum absolute atomic E-state index is 13.2. The van der Waals surface area contributed by atoms with E-state index in [0.717, 1.165) is 25.8 Å². The maximum atomic E-state index is 13.2. The fraction of sp³-hybridized carbons (Fsp3) is 0.667. The third kappa shape index (κ3) is 4.87. The Labute approximate surface area is 170 Å². The number of carbonyl (C=O) groups is 1. The molecule has 28 heavy (non-hydrogen) atoms. The first-order chi connectivity index (χ1) is 13.5. The van der Waals surface area contributed by atoms with Crippen molar-refractivity contribution in [3.05, 3.63) is 17.7 Å². The van der Waals surface area contributed by atoms with E-state index in [1.54, 1.807) is 12.1 Å². The molecule has 3 unspecified atom stereocenters. The molecule has 0 aromatic heterocycles. The van der Waals surface area contributed by atoms with Crippen molar-refractivity contribution < 1.29 is 13.7 Å². The molecule has 0 spiro atoms. The predicted molar refractivity (Wildman–Crippen MR) is 113 cm³/mol. The Morgan fingerprint density at radius 1 is 1.32 bits per heavy atom. The predicted octanol–water partition coefficient (Wildman–Crippen LogP) is 2.84. The summed E-state index contributed by atoms with van der Waals surface area (Å²) in [5, 5.41) is 6.81. The number of nitrogens with one attached hydrogen (secondary N) is 2. The molecule has 1 saturated carbocycles. The summed E-state index contributed by atoms with van der Waals surface area (Å²) in [6.45, 7) is 2.84. The Kier molecular flexibility index (Phi) is 7.35. The maximum Gasteiger partial charge on any atom is 0.255 e. The third-order valence-corrected chi connectivity index (χ3v) is 7.42. The van der Waals surface area contributed by atoms with Crippen molar-refractivity contribution in [1.29, 1.82) is 0 Å². The van der Waals surface area contributed by atoms with Gasteiger partial charge < -0.3 is 21.1 Å². The Balaban J connectivity index is 1.82. The summed E-state index contributed by atoms with van der Waals surface area (Å²) in [6.07, 6.45) is 8.33. The highest BCUT2D eigenvalue weighted by Crippen LogP contribution is 2.31. The number of rotatable bonds is 8. The molecule has 1 amide bonds. The van der Waals surface area contributed by atoms with Crippen LogP contribution in [-0.4, -0.2) is 41.6 Å². The summed E-state index contributed by atoms with van der Waals surface area (Å²) in [5.74, 6) is 1.38. The SMILES string of the molecule is CCS(=O)c1cc(C(=O)NC(CC2CCCC2)C2CCCN2)c(OC)cc1N. The smallest absolute Gasteiger partial charge is 0.255 e. The number of benzene rings is 1. The molecule has 2 fully saturated rings. The van der Waals surface area contributed by atoms with Crippen LogP contribution in [0.2, 0.25) is 0 Å². The van der Waals surface area contributed by atoms with Gasteiger partial charge in [0, 0.05) is 23.9 Å². The van der Waals surface area contributed by atoms with Gasteiger partial charge in [-0.2, -0.15) is 0 Å². The average molecular weight is 408 g/mol. The van der Waals surface area contributed by atoms with E-state index in [2.05, 4.69) is 10.6 Å². The van der Waals surface area contributed by atoms with Crippen LogP contribution in [0.3, 0.4) is 0 Å². The fourth-order valence-electron chi connectivity index (χ4n) is 4.50. The lowest BCUT2D eigenvalue weighted by Gasteiger charge is -2.28. The van der Waals surface area contributed by atoms with Crippen LogP contribution in [0.5, 0.6) is 5.75 Å². The van der Waals surface area contributed by atoms with Gasteiger partial charge in [-0.05, 0) is 37.8 Å². The van der Waals surface area contributed by atoms with Gasteiger partial charge in [-0.25, -0.2) is 0 Å². The number of ether oxygens (including phenoxy) is 1. The van der Waals surface area contributed by atoms with Crippen LogP contribution in [-0.2, 0) is 10.8 Å². The highest BCUT2D eigenvalue weighted by molar-refractivity contribution is 7.85. The van der Waals surface area contributed by atoms with Gasteiger partial charge in [0.05, 0.1) is 34.1 Å². The lowest BCUT2D eigenvalue weighted by Crippen LogP contribution is -2.48. The Morgan fingerprint density at radius 2 is 2.07 bits per heavy atom. The highest BCUT2D eigenvalue weighted by Gasteiger charge is 2.30. The number of nitrogens with two attached hydrogens (primary N) is 1. The number of amides is 1. The zero-order chi connectivity index (χ0) is 20.1. The molecular formula is C21H33N3O3S. The minimum Gasteiger partial charge on any atom is -0.496 e. The second-order valence-electron chi connectivity index (χ2n) is 7.89. The molecule has 0 radical (unpaired) electrons. The van der Waals surface area contributed by atoms with Crippen LogP contribution < -0.4 is 21.1 Å². The Bertz CT molecular complexity index is 713. The Hall–Kier alpha value is -1.60. The summed E-state index contributed by atoms with van der Waals surface area (Å²) in [4.78, 5) is 13.7. The third-order valence-electron chi connectivity index (χ3n) is 6.05. The number of nitrogen functional groups attached to an aromatic ring is 1. The summed E-state index contributed by atoms with van der Waals surface area (Å²) in [5.41, 5.74) is 6.84. The van der Waals surface area contributed by atoms with Crippen LogP contribution >= 0.6 is 0 Å². The fourth-order valence-corrected chi connectivity index (χ4v) is 5.39. The highest BCUT2D eigenvalue weighted by atomic mass is 32.2. The zero-order valence-electron chi connectivity index (χ0n) is 17.0. The van der Waals surface area contributed by atoms with Crippen molar-refractivity contribution >= 4 is 22.4 Å². The van der Waals surface area contributed by atoms with E-state index in [-0.39, 0.29) is 11.9 Å². The van der Waals surface area contributed by atoms with E-state index in [1.165, 1.54) is 32.8 Å². The van der Waals surface area contributed by atoms with Gasteiger partial charge in [-0.15, -0.1) is 0 Å². The van der Waals surface area contributed by atoms with Gasteiger partial charge in [0.15, 0.2) is 0 Å². The second kappa shape index (κ2) is 9.74. The van der Waals surface area contributed by atoms with Crippen LogP contribution in [0.4, 0.5) is 5.69 Å². The van der Waals surface area contributed by atoms with Crippen molar-refractivity contribution in [1.82, 2.24) is 10.6 Å². The van der Waals surface area contributed by atoms with E-state index in [1.807, 2.05) is 6.92 Å². The standard InChI is InChI=1S/C21H33N3O3S/c1-3-28(26)20-12-15(19(27-2)13-16(20)22)21(25)24-18(17-9-6-10-23-17)11-14-7-4-5-8-14/h12-14,17-18,23H,3-11,22H2,1-2H3,(H,24,25). The van der Waals surface area contributed by atoms with Gasteiger partial charge in [0.1, 0.15) is 5.75 Å². The van der Waals surface area contributed by atoms with Gasteiger partial charge in [0.25, 0.3) is 5.91 Å². The molecule has 6 nitrogen and oxygen atoms in total. The minimum atomic E-state index is -1.23. The van der Waals surface area contributed by atoms with E-state index in [9.17, 15) is 9.00 Å². The number of hydrogen-bond acceptors (Lipinski definition) is 5. The van der Waals surface area contributed by atoms with Crippen molar-refractivity contribution in [2.75, 3.05) is 25.1 Å². The first-order valence-electron chi connectivity index (χ1n) is 10.4. The largest absolute Gasteiger partial charge is 0.496 e. The van der Waals surface area contributed by atoms with Crippen LogP contribution in [0.15, 0.2) is 17.0 Å². The monoisotopic (exact) mass is 407 g/mol. The van der Waals surface area contributed by atoms with E-state index >= 15 is 0 Å². The van der Waals surface area contributed by atoms with Gasteiger partial charge in [-0.3, -0.25) is 9.00 Å². The molecule has 4 N–H and O–H groups in total. The molecule has 1 heterocycles. The molecular weight excluding hydrogens is 374 g/mol. The van der Waals surface area contributed by atoms with Gasteiger partial charge >= 0.3 is 0 Å². The first-order valence-corrected chi connectivity index (χ1v) is 11.8. The van der Waals surface area contributed by atoms with Crippen molar-refractivity contribution in [2.24, 2.45) is 5.92 Å². The average Bonchev–Trinajstić information content (AvgIpc) is 3.40. The van der Waals surface area contributed by atoms with Crippen LogP contribution in [0.1, 0.15) is 62.2 Å². The molecule has 1 aliphatic carbocycles. The molecule has 0 bridgehead atoms. The lowest BCUT2D eigenvalue weighted by atomic mass is 9.92. The van der Waals surface area contributed by atoms with Crippen LogP contribution in [0, 0.1) is 5.92 Å². The second-order valence-corrected chi connectivity index (χ2v) is 9.60. The minimum absolute atomic E-state index is 0.0977. The summed E-state index contributed by atoms with van der Waals surface area (Å²) in [7, 11) is 0.294. The molecule has 7 heteroatoms. The normalized spacial score (nSPS) is 22.1. The molecule has 3 atom stereocenters. The Morgan fingerprint density at radius 3 is 2.68 bits per heavy atom. The van der Waals surface area contributed by atoms with Gasteiger partial charge in [-0.1, -0.05) is 32.6 Å². The summed E-state index contributed by atoms with van der Waals surface area (Å²) >= 11 is 0. The van der Waals surface area contributed by atoms with E-state index in [0.29, 0.717) is 39.6 Å². The summed E-state index contributed by atoms with van der Waals surface area (Å²) < 4.78 is 17.7. The molecule has 1 aliphatic heterocycles. The van der Waals surface area contributed by atoms with Crippen LogP contribution in [0.25, 0.3) is 0 Å².